The normalized spacial score (nSPS) is 17.2. The Labute approximate surface area is 71.4 Å². The minimum atomic E-state index is 0.260. The molecular weight excluding hydrogens is 152 g/mol. The second-order valence-electron chi connectivity index (χ2n) is 3.26. The highest BCUT2D eigenvalue weighted by Gasteiger charge is 2.18. The molecule has 3 nitrogen and oxygen atoms in total. The fraction of sp³-hybridized carbons (Fsp3) is 0.556. The van der Waals surface area contributed by atoms with Gasteiger partial charge in [-0.1, -0.05) is 0 Å². The quantitative estimate of drug-likeness (QED) is 0.542. The van der Waals surface area contributed by atoms with E-state index in [1.807, 2.05) is 11.7 Å². The van der Waals surface area contributed by atoms with Gasteiger partial charge in [0, 0.05) is 19.2 Å². The van der Waals surface area contributed by atoms with Crippen LogP contribution < -0.4 is 0 Å². The van der Waals surface area contributed by atoms with Gasteiger partial charge < -0.3 is 0 Å². The van der Waals surface area contributed by atoms with Crippen molar-refractivity contribution in [2.45, 2.75) is 25.7 Å². The highest BCUT2D eigenvalue weighted by molar-refractivity contribution is 5.97. The van der Waals surface area contributed by atoms with E-state index in [1.165, 1.54) is 0 Å². The van der Waals surface area contributed by atoms with Crippen LogP contribution >= 0.6 is 0 Å². The monoisotopic (exact) mass is 164 g/mol. The number of aromatic nitrogens is 2. The highest BCUT2D eigenvalue weighted by Crippen LogP contribution is 2.19. The summed E-state index contributed by atoms with van der Waals surface area (Å²) in [6.07, 6.45) is 5.52. The van der Waals surface area contributed by atoms with Crippen molar-refractivity contribution in [3.8, 4) is 0 Å². The standard InChI is InChI=1S/C9H12N2O/c1-11-8-4-2-3-5-9(12)7(8)6-10-11/h6H,2-5H2,1H3. The van der Waals surface area contributed by atoms with Gasteiger partial charge in [0.15, 0.2) is 5.78 Å². The van der Waals surface area contributed by atoms with E-state index in [9.17, 15) is 4.79 Å². The zero-order valence-corrected chi connectivity index (χ0v) is 7.21. The molecule has 0 aliphatic heterocycles. The Morgan fingerprint density at radius 3 is 3.00 bits per heavy atom. The Kier molecular flexibility index (Phi) is 1.71. The maximum atomic E-state index is 11.5. The topological polar surface area (TPSA) is 34.9 Å². The number of rotatable bonds is 0. The molecule has 0 N–H and O–H groups in total. The van der Waals surface area contributed by atoms with Crippen molar-refractivity contribution in [1.82, 2.24) is 9.78 Å². The minimum absolute atomic E-state index is 0.260. The summed E-state index contributed by atoms with van der Waals surface area (Å²) >= 11 is 0. The number of Topliss-reactive ketones (excluding diaryl/α,β-unsaturated/α-hetero) is 1. The van der Waals surface area contributed by atoms with E-state index in [-0.39, 0.29) is 5.78 Å². The number of fused-ring (bicyclic) bond motifs is 1. The zero-order valence-electron chi connectivity index (χ0n) is 7.21. The molecule has 0 radical (unpaired) electrons. The first kappa shape index (κ1) is 7.53. The first-order valence-corrected chi connectivity index (χ1v) is 4.33. The lowest BCUT2D eigenvalue weighted by Gasteiger charge is -1.98. The fourth-order valence-electron chi connectivity index (χ4n) is 1.70. The maximum Gasteiger partial charge on any atom is 0.166 e. The molecule has 0 unspecified atom stereocenters. The molecule has 0 aromatic carbocycles. The Balaban J connectivity index is 2.47. The number of nitrogens with zero attached hydrogens (tertiary/aromatic N) is 2. The van der Waals surface area contributed by atoms with Gasteiger partial charge in [-0.2, -0.15) is 5.10 Å². The summed E-state index contributed by atoms with van der Waals surface area (Å²) in [5, 5.41) is 4.09. The molecule has 3 heteroatoms. The van der Waals surface area contributed by atoms with Gasteiger partial charge in [0.25, 0.3) is 0 Å². The summed E-state index contributed by atoms with van der Waals surface area (Å²) in [6, 6.07) is 0. The molecule has 0 spiro atoms. The van der Waals surface area contributed by atoms with E-state index in [4.69, 9.17) is 0 Å². The Morgan fingerprint density at radius 1 is 1.42 bits per heavy atom. The van der Waals surface area contributed by atoms with Crippen LogP contribution in [0.1, 0.15) is 35.3 Å². The van der Waals surface area contributed by atoms with Crippen LogP contribution in [0.4, 0.5) is 0 Å². The third-order valence-electron chi connectivity index (χ3n) is 2.43. The fourth-order valence-corrected chi connectivity index (χ4v) is 1.70. The van der Waals surface area contributed by atoms with Gasteiger partial charge in [-0.3, -0.25) is 9.48 Å². The summed E-state index contributed by atoms with van der Waals surface area (Å²) < 4.78 is 1.82. The smallest absolute Gasteiger partial charge is 0.166 e. The van der Waals surface area contributed by atoms with Crippen molar-refractivity contribution in [2.24, 2.45) is 7.05 Å². The molecule has 0 saturated heterocycles. The Bertz CT molecular complexity index is 314. The average Bonchev–Trinajstić information content (AvgIpc) is 2.30. The van der Waals surface area contributed by atoms with E-state index in [0.29, 0.717) is 6.42 Å². The van der Waals surface area contributed by atoms with Crippen molar-refractivity contribution < 1.29 is 4.79 Å². The molecule has 0 amide bonds. The SMILES string of the molecule is Cn1ncc2c1CCCCC2=O. The third kappa shape index (κ3) is 1.05. The molecule has 1 aromatic heterocycles. The van der Waals surface area contributed by atoms with Crippen LogP contribution in [0.2, 0.25) is 0 Å². The number of carbonyl (C=O) groups excluding carboxylic acids is 1. The van der Waals surface area contributed by atoms with Crippen molar-refractivity contribution in [3.63, 3.8) is 0 Å². The molecule has 0 fully saturated rings. The van der Waals surface area contributed by atoms with E-state index < -0.39 is 0 Å². The molecule has 2 rings (SSSR count). The Hall–Kier alpha value is -1.12. The zero-order chi connectivity index (χ0) is 8.55. The van der Waals surface area contributed by atoms with Crippen LogP contribution in [-0.4, -0.2) is 15.6 Å². The molecule has 12 heavy (non-hydrogen) atoms. The summed E-state index contributed by atoms with van der Waals surface area (Å²) in [6.45, 7) is 0. The van der Waals surface area contributed by atoms with Gasteiger partial charge in [0.2, 0.25) is 0 Å². The number of hydrogen-bond donors (Lipinski definition) is 0. The third-order valence-corrected chi connectivity index (χ3v) is 2.43. The van der Waals surface area contributed by atoms with Gasteiger partial charge in [-0.25, -0.2) is 0 Å². The molecule has 1 aliphatic carbocycles. The lowest BCUT2D eigenvalue weighted by Crippen LogP contribution is -2.01. The molecular formula is C9H12N2O. The molecule has 0 atom stereocenters. The first-order chi connectivity index (χ1) is 5.79. The van der Waals surface area contributed by atoms with Crippen LogP contribution in [0.15, 0.2) is 6.20 Å². The van der Waals surface area contributed by atoms with Crippen LogP contribution in [0.25, 0.3) is 0 Å². The predicted octanol–water partition coefficient (Wildman–Crippen LogP) is 1.33. The van der Waals surface area contributed by atoms with Crippen LogP contribution in [-0.2, 0) is 13.5 Å². The van der Waals surface area contributed by atoms with E-state index in [2.05, 4.69) is 5.10 Å². The van der Waals surface area contributed by atoms with Crippen molar-refractivity contribution in [1.29, 1.82) is 0 Å². The maximum absolute atomic E-state index is 11.5. The largest absolute Gasteiger partial charge is 0.294 e. The summed E-state index contributed by atoms with van der Waals surface area (Å²) in [5.41, 5.74) is 1.95. The van der Waals surface area contributed by atoms with E-state index in [1.54, 1.807) is 6.20 Å². The van der Waals surface area contributed by atoms with Gasteiger partial charge >= 0.3 is 0 Å². The van der Waals surface area contributed by atoms with Crippen molar-refractivity contribution in [2.75, 3.05) is 0 Å². The number of aryl methyl sites for hydroxylation is 1. The van der Waals surface area contributed by atoms with Crippen molar-refractivity contribution >= 4 is 5.78 Å². The van der Waals surface area contributed by atoms with Crippen molar-refractivity contribution in [3.05, 3.63) is 17.5 Å². The average molecular weight is 164 g/mol. The lowest BCUT2D eigenvalue weighted by molar-refractivity contribution is 0.0982. The summed E-state index contributed by atoms with van der Waals surface area (Å²) in [7, 11) is 1.90. The van der Waals surface area contributed by atoms with Crippen LogP contribution in [0.3, 0.4) is 0 Å². The van der Waals surface area contributed by atoms with Gasteiger partial charge in [-0.15, -0.1) is 0 Å². The highest BCUT2D eigenvalue weighted by atomic mass is 16.1. The van der Waals surface area contributed by atoms with Crippen LogP contribution in [0.5, 0.6) is 0 Å². The van der Waals surface area contributed by atoms with E-state index >= 15 is 0 Å². The second kappa shape index (κ2) is 2.73. The van der Waals surface area contributed by atoms with E-state index in [0.717, 1.165) is 30.5 Å². The first-order valence-electron chi connectivity index (χ1n) is 4.33. The minimum Gasteiger partial charge on any atom is -0.294 e. The summed E-state index contributed by atoms with van der Waals surface area (Å²) in [4.78, 5) is 11.5. The number of carbonyl (C=O) groups is 1. The predicted molar refractivity (Wildman–Crippen MR) is 45.1 cm³/mol. The Morgan fingerprint density at radius 2 is 2.17 bits per heavy atom. The molecule has 1 heterocycles. The summed E-state index contributed by atoms with van der Waals surface area (Å²) in [5.74, 6) is 0.260. The molecule has 64 valence electrons. The molecule has 1 aromatic rings. The number of ketones is 1. The molecule has 1 aliphatic rings. The van der Waals surface area contributed by atoms with Gasteiger partial charge in [0.05, 0.1) is 11.8 Å². The van der Waals surface area contributed by atoms with Gasteiger partial charge in [0.1, 0.15) is 0 Å². The second-order valence-corrected chi connectivity index (χ2v) is 3.26. The lowest BCUT2D eigenvalue weighted by atomic mass is 10.1. The number of hydrogen-bond acceptors (Lipinski definition) is 2. The van der Waals surface area contributed by atoms with Crippen LogP contribution in [0, 0.1) is 0 Å². The molecule has 0 bridgehead atoms. The van der Waals surface area contributed by atoms with Gasteiger partial charge in [-0.05, 0) is 19.3 Å². The molecule has 0 saturated carbocycles.